The molecule has 1 aliphatic carbocycles. The standard InChI is InChI=1S/C23H17NO5/c24-29-28-20-13-11-19(12-14-20)26-23(25)27-22-15-18-7-2-1-5-16(18)9-10-17-6-3-4-8-21(17)22/h1-8,11-14,22H,15,24H2. The van der Waals surface area contributed by atoms with Crippen molar-refractivity contribution in [3.8, 4) is 23.3 Å². The largest absolute Gasteiger partial charge is 0.514 e. The lowest BCUT2D eigenvalue weighted by Crippen LogP contribution is -2.19. The van der Waals surface area contributed by atoms with Gasteiger partial charge in [-0.15, -0.1) is 0 Å². The molecule has 0 bridgehead atoms. The van der Waals surface area contributed by atoms with Gasteiger partial charge in [0, 0.05) is 23.1 Å². The van der Waals surface area contributed by atoms with E-state index in [9.17, 15) is 4.79 Å². The lowest BCUT2D eigenvalue weighted by molar-refractivity contribution is -0.211. The van der Waals surface area contributed by atoms with Gasteiger partial charge in [0.05, 0.1) is 0 Å². The van der Waals surface area contributed by atoms with Gasteiger partial charge < -0.3 is 14.4 Å². The molecule has 0 heterocycles. The van der Waals surface area contributed by atoms with Crippen LogP contribution in [0.3, 0.4) is 0 Å². The van der Waals surface area contributed by atoms with Crippen molar-refractivity contribution >= 4 is 6.16 Å². The van der Waals surface area contributed by atoms with Crippen molar-refractivity contribution in [3.05, 3.63) is 95.1 Å². The van der Waals surface area contributed by atoms with Gasteiger partial charge in [0.15, 0.2) is 5.75 Å². The number of rotatable bonds is 4. The van der Waals surface area contributed by atoms with E-state index in [1.165, 1.54) is 0 Å². The minimum atomic E-state index is -0.806. The quantitative estimate of drug-likeness (QED) is 0.239. The Morgan fingerprint density at radius 2 is 1.52 bits per heavy atom. The first-order valence-corrected chi connectivity index (χ1v) is 8.94. The summed E-state index contributed by atoms with van der Waals surface area (Å²) in [6, 6.07) is 21.6. The van der Waals surface area contributed by atoms with Crippen LogP contribution in [0, 0.1) is 11.8 Å². The Labute approximate surface area is 167 Å². The number of hydrogen-bond donors (Lipinski definition) is 1. The van der Waals surface area contributed by atoms with Crippen molar-refractivity contribution in [2.45, 2.75) is 12.5 Å². The summed E-state index contributed by atoms with van der Waals surface area (Å²) in [5.74, 6) is 11.9. The van der Waals surface area contributed by atoms with E-state index in [4.69, 9.17) is 15.4 Å². The van der Waals surface area contributed by atoms with Crippen molar-refractivity contribution < 1.29 is 24.1 Å². The van der Waals surface area contributed by atoms with Gasteiger partial charge in [0.1, 0.15) is 11.9 Å². The van der Waals surface area contributed by atoms with Gasteiger partial charge in [-0.05, 0) is 42.0 Å². The summed E-state index contributed by atoms with van der Waals surface area (Å²) in [7, 11) is 0. The molecule has 0 spiro atoms. The van der Waals surface area contributed by atoms with E-state index in [1.54, 1.807) is 24.3 Å². The van der Waals surface area contributed by atoms with E-state index in [1.807, 2.05) is 48.5 Å². The Morgan fingerprint density at radius 3 is 2.31 bits per heavy atom. The zero-order chi connectivity index (χ0) is 20.1. The molecule has 3 aromatic rings. The predicted molar refractivity (Wildman–Crippen MR) is 105 cm³/mol. The summed E-state index contributed by atoms with van der Waals surface area (Å²) in [6.07, 6.45) is -0.834. The molecule has 2 N–H and O–H groups in total. The van der Waals surface area contributed by atoms with Crippen LogP contribution in [-0.2, 0) is 16.1 Å². The van der Waals surface area contributed by atoms with Crippen molar-refractivity contribution in [2.75, 3.05) is 0 Å². The molecule has 3 aromatic carbocycles. The molecule has 29 heavy (non-hydrogen) atoms. The fourth-order valence-electron chi connectivity index (χ4n) is 3.12. The van der Waals surface area contributed by atoms with Gasteiger partial charge in [0.25, 0.3) is 0 Å². The molecule has 144 valence electrons. The van der Waals surface area contributed by atoms with Crippen molar-refractivity contribution in [1.82, 2.24) is 0 Å². The second-order valence-corrected chi connectivity index (χ2v) is 6.31. The number of nitrogens with two attached hydrogens (primary N) is 1. The van der Waals surface area contributed by atoms with Crippen LogP contribution in [-0.4, -0.2) is 6.16 Å². The molecular formula is C23H17NO5. The van der Waals surface area contributed by atoms with Gasteiger partial charge in [-0.25, -0.2) is 4.79 Å². The number of carbonyl (C=O) groups excluding carboxylic acids is 1. The molecule has 1 unspecified atom stereocenters. The summed E-state index contributed by atoms with van der Waals surface area (Å²) in [5, 5.41) is 0. The molecule has 0 amide bonds. The minimum Gasteiger partial charge on any atom is -0.425 e. The van der Waals surface area contributed by atoms with Gasteiger partial charge >= 0.3 is 6.16 Å². The highest BCUT2D eigenvalue weighted by Crippen LogP contribution is 2.29. The van der Waals surface area contributed by atoms with Crippen LogP contribution >= 0.6 is 0 Å². The van der Waals surface area contributed by atoms with E-state index in [0.717, 1.165) is 22.3 Å². The zero-order valence-electron chi connectivity index (χ0n) is 15.3. The Morgan fingerprint density at radius 1 is 0.862 bits per heavy atom. The Bertz CT molecular complexity index is 1080. The van der Waals surface area contributed by atoms with Crippen LogP contribution < -0.4 is 15.5 Å². The molecule has 6 heteroatoms. The van der Waals surface area contributed by atoms with Crippen molar-refractivity contribution in [3.63, 3.8) is 0 Å². The van der Waals surface area contributed by atoms with E-state index in [0.29, 0.717) is 17.9 Å². The Kier molecular flexibility index (Phi) is 5.43. The Balaban J connectivity index is 1.56. The fourth-order valence-corrected chi connectivity index (χ4v) is 3.12. The van der Waals surface area contributed by atoms with E-state index in [-0.39, 0.29) is 0 Å². The molecule has 4 rings (SSSR count). The first-order valence-electron chi connectivity index (χ1n) is 8.94. The molecule has 0 fully saturated rings. The maximum Gasteiger partial charge on any atom is 0.514 e. The SMILES string of the molecule is NOOc1ccc(OC(=O)OC2Cc3ccccc3C#Cc3ccccc32)cc1. The first kappa shape index (κ1) is 18.6. The topological polar surface area (TPSA) is 80.0 Å². The zero-order valence-corrected chi connectivity index (χ0v) is 15.3. The van der Waals surface area contributed by atoms with Crippen LogP contribution in [0.15, 0.2) is 72.8 Å². The summed E-state index contributed by atoms with van der Waals surface area (Å²) in [4.78, 5) is 21.2. The highest BCUT2D eigenvalue weighted by molar-refractivity contribution is 5.65. The molecule has 0 aromatic heterocycles. The molecule has 0 saturated carbocycles. The maximum atomic E-state index is 12.5. The average molecular weight is 387 g/mol. The van der Waals surface area contributed by atoms with E-state index in [2.05, 4.69) is 21.7 Å². The third-order valence-corrected chi connectivity index (χ3v) is 4.47. The number of fused-ring (bicyclic) bond motifs is 2. The molecule has 6 nitrogen and oxygen atoms in total. The second kappa shape index (κ2) is 8.48. The van der Waals surface area contributed by atoms with Crippen LogP contribution in [0.4, 0.5) is 4.79 Å². The maximum absolute atomic E-state index is 12.5. The lowest BCUT2D eigenvalue weighted by atomic mass is 9.92. The number of carbonyl (C=O) groups is 1. The highest BCUT2D eigenvalue weighted by atomic mass is 17.3. The van der Waals surface area contributed by atoms with Crippen LogP contribution in [0.5, 0.6) is 11.5 Å². The smallest absolute Gasteiger partial charge is 0.425 e. The summed E-state index contributed by atoms with van der Waals surface area (Å²) in [5.41, 5.74) is 3.59. The lowest BCUT2D eigenvalue weighted by Gasteiger charge is -2.21. The first-order chi connectivity index (χ1) is 14.2. The van der Waals surface area contributed by atoms with Crippen LogP contribution in [0.2, 0.25) is 0 Å². The monoisotopic (exact) mass is 387 g/mol. The molecule has 0 aliphatic heterocycles. The summed E-state index contributed by atoms with van der Waals surface area (Å²) < 4.78 is 11.0. The van der Waals surface area contributed by atoms with Crippen LogP contribution in [0.1, 0.15) is 28.4 Å². The third-order valence-electron chi connectivity index (χ3n) is 4.47. The number of hydrogen-bond acceptors (Lipinski definition) is 6. The van der Waals surface area contributed by atoms with Gasteiger partial charge in [0.2, 0.25) is 0 Å². The third kappa shape index (κ3) is 4.38. The summed E-state index contributed by atoms with van der Waals surface area (Å²) >= 11 is 0. The van der Waals surface area contributed by atoms with Gasteiger partial charge in [-0.3, -0.25) is 0 Å². The Hall–Kier alpha value is -3.79. The predicted octanol–water partition coefficient (Wildman–Crippen LogP) is 4.08. The molecule has 1 atom stereocenters. The number of benzene rings is 3. The van der Waals surface area contributed by atoms with Gasteiger partial charge in [-0.1, -0.05) is 53.2 Å². The second-order valence-electron chi connectivity index (χ2n) is 6.31. The molecular weight excluding hydrogens is 370 g/mol. The molecule has 1 aliphatic rings. The van der Waals surface area contributed by atoms with Crippen molar-refractivity contribution in [1.29, 1.82) is 0 Å². The summed E-state index contributed by atoms with van der Waals surface area (Å²) in [6.45, 7) is 0. The normalized spacial score (nSPS) is 14.2. The minimum absolute atomic E-state index is 0.304. The number of ether oxygens (including phenoxy) is 2. The molecule has 0 radical (unpaired) electrons. The highest BCUT2D eigenvalue weighted by Gasteiger charge is 2.23. The van der Waals surface area contributed by atoms with Crippen molar-refractivity contribution in [2.24, 2.45) is 5.90 Å². The average Bonchev–Trinajstić information content (AvgIpc) is 2.73. The van der Waals surface area contributed by atoms with Crippen LogP contribution in [0.25, 0.3) is 0 Å². The van der Waals surface area contributed by atoms with E-state index >= 15 is 0 Å². The van der Waals surface area contributed by atoms with Gasteiger partial charge in [-0.2, -0.15) is 5.90 Å². The fraction of sp³-hybridized carbons (Fsp3) is 0.0870. The molecule has 0 saturated heterocycles. The van der Waals surface area contributed by atoms with E-state index < -0.39 is 12.3 Å².